The minimum atomic E-state index is -0.420. The molecule has 0 aliphatic carbocycles. The molecule has 0 radical (unpaired) electrons. The molecule has 6 aromatic rings. The molecule has 0 unspecified atom stereocenters. The number of benzene rings is 5. The molecular weight excluding hydrogens is 487 g/mol. The number of rotatable bonds is 6. The molecule has 0 spiro atoms. The molecule has 0 atom stereocenters. The molecule has 0 saturated carbocycles. The van der Waals surface area contributed by atoms with Gasteiger partial charge in [-0.05, 0) is 47.5 Å². The van der Waals surface area contributed by atoms with Crippen molar-refractivity contribution in [3.8, 4) is 56.5 Å². The molecule has 39 heavy (non-hydrogen) atoms. The number of phenolic OH excluding ortho intramolecular Hbond substituents is 1. The number of hydrogen-bond acceptors (Lipinski definition) is 3. The van der Waals surface area contributed by atoms with Crippen molar-refractivity contribution in [1.29, 1.82) is 0 Å². The monoisotopic (exact) mass is 510 g/mol. The number of imidazole rings is 1. The first-order valence-corrected chi connectivity index (χ1v) is 12.5. The summed E-state index contributed by atoms with van der Waals surface area (Å²) in [5.41, 5.74) is 6.52. The molecule has 0 saturated heterocycles. The Morgan fingerprint density at radius 2 is 1.28 bits per heavy atom. The van der Waals surface area contributed by atoms with Crippen LogP contribution < -0.4 is 0 Å². The van der Waals surface area contributed by atoms with E-state index in [1.165, 1.54) is 6.07 Å². The Labute approximate surface area is 225 Å². The lowest BCUT2D eigenvalue weighted by atomic mass is 10.0. The Hall–Kier alpha value is -5.29. The number of phenols is 1. The van der Waals surface area contributed by atoms with Crippen molar-refractivity contribution in [3.63, 3.8) is 0 Å². The number of aromatic nitrogens is 2. The van der Waals surface area contributed by atoms with E-state index in [0.717, 1.165) is 40.1 Å². The Balaban J connectivity index is 1.60. The van der Waals surface area contributed by atoms with Crippen LogP contribution in [-0.4, -0.2) is 20.9 Å². The highest BCUT2D eigenvalue weighted by molar-refractivity contribution is 5.85. The molecule has 0 aliphatic heterocycles. The Morgan fingerprint density at radius 3 is 1.90 bits per heavy atom. The normalized spacial score (nSPS) is 10.9. The Morgan fingerprint density at radius 1 is 0.667 bits per heavy atom. The second-order valence-electron chi connectivity index (χ2n) is 9.15. The van der Waals surface area contributed by atoms with E-state index in [4.69, 9.17) is 4.98 Å². The highest BCUT2D eigenvalue weighted by Gasteiger charge is 2.24. The summed E-state index contributed by atoms with van der Waals surface area (Å²) < 4.78 is 17.9. The second kappa shape index (κ2) is 10.2. The maximum absolute atomic E-state index is 15.9. The minimum Gasteiger partial charge on any atom is -0.508 e. The van der Waals surface area contributed by atoms with E-state index in [2.05, 4.69) is 0 Å². The third-order valence-corrected chi connectivity index (χ3v) is 6.67. The van der Waals surface area contributed by atoms with Crippen LogP contribution in [0.15, 0.2) is 127 Å². The van der Waals surface area contributed by atoms with Gasteiger partial charge in [-0.2, -0.15) is 0 Å². The van der Waals surface area contributed by atoms with Gasteiger partial charge in [0.05, 0.1) is 17.0 Å². The maximum atomic E-state index is 15.9. The Bertz CT molecular complexity index is 1760. The average molecular weight is 511 g/mol. The van der Waals surface area contributed by atoms with Crippen LogP contribution in [0.3, 0.4) is 0 Å². The fraction of sp³-hybridized carbons (Fsp3) is 0. The molecule has 0 bridgehead atoms. The highest BCUT2D eigenvalue weighted by atomic mass is 19.1. The van der Waals surface area contributed by atoms with Gasteiger partial charge in [0.1, 0.15) is 23.7 Å². The van der Waals surface area contributed by atoms with Crippen LogP contribution in [0.2, 0.25) is 0 Å². The largest absolute Gasteiger partial charge is 0.508 e. The van der Waals surface area contributed by atoms with Crippen LogP contribution in [0, 0.1) is 5.82 Å². The third kappa shape index (κ3) is 4.62. The second-order valence-corrected chi connectivity index (χ2v) is 9.15. The predicted molar refractivity (Wildman–Crippen MR) is 152 cm³/mol. The van der Waals surface area contributed by atoms with Gasteiger partial charge in [0.2, 0.25) is 0 Å². The predicted octanol–water partition coefficient (Wildman–Crippen LogP) is 8.20. The number of carbonyl (C=O) groups is 1. The topological polar surface area (TPSA) is 55.1 Å². The van der Waals surface area contributed by atoms with E-state index in [1.54, 1.807) is 54.6 Å². The SMILES string of the molecule is O=Cc1ccc(-c2ccc(-c3nc(-c4ccccc4)c(-c4ccccc4)n3-c3ccc(O)cc3)c(F)c2)cc1. The van der Waals surface area contributed by atoms with Gasteiger partial charge in [-0.25, -0.2) is 9.37 Å². The summed E-state index contributed by atoms with van der Waals surface area (Å²) >= 11 is 0. The van der Waals surface area contributed by atoms with E-state index in [1.807, 2.05) is 71.3 Å². The van der Waals surface area contributed by atoms with Gasteiger partial charge in [-0.15, -0.1) is 0 Å². The lowest BCUT2D eigenvalue weighted by Crippen LogP contribution is -2.01. The van der Waals surface area contributed by atoms with Crippen LogP contribution in [0.5, 0.6) is 5.75 Å². The van der Waals surface area contributed by atoms with Gasteiger partial charge in [-0.3, -0.25) is 9.36 Å². The first-order chi connectivity index (χ1) is 19.1. The zero-order valence-electron chi connectivity index (χ0n) is 20.8. The lowest BCUT2D eigenvalue weighted by Gasteiger charge is -2.14. The summed E-state index contributed by atoms with van der Waals surface area (Å²) in [6.07, 6.45) is 0.783. The van der Waals surface area contributed by atoms with Gasteiger partial charge in [-0.1, -0.05) is 91.0 Å². The summed E-state index contributed by atoms with van der Waals surface area (Å²) in [5, 5.41) is 9.97. The van der Waals surface area contributed by atoms with Crippen molar-refractivity contribution in [2.24, 2.45) is 0 Å². The molecular formula is C34H23FN2O2. The van der Waals surface area contributed by atoms with Crippen molar-refractivity contribution in [1.82, 2.24) is 9.55 Å². The molecule has 0 amide bonds. The van der Waals surface area contributed by atoms with Gasteiger partial charge in [0, 0.05) is 22.4 Å². The molecule has 0 aliphatic rings. The standard InChI is InChI=1S/C34H23FN2O2/c35-31-21-27(24-13-11-23(22-38)12-14-24)15-20-30(31)34-36-32(25-7-3-1-4-8-25)33(26-9-5-2-6-10-26)37(34)28-16-18-29(39)19-17-28/h1-22,39H. The molecule has 1 heterocycles. The first-order valence-electron chi connectivity index (χ1n) is 12.5. The first kappa shape index (κ1) is 24.1. The molecule has 5 heteroatoms. The zero-order valence-corrected chi connectivity index (χ0v) is 20.8. The maximum Gasteiger partial charge on any atom is 0.150 e. The van der Waals surface area contributed by atoms with Gasteiger partial charge in [0.25, 0.3) is 0 Å². The number of hydrogen-bond donors (Lipinski definition) is 1. The number of aromatic hydroxyl groups is 1. The van der Waals surface area contributed by atoms with E-state index >= 15 is 4.39 Å². The molecule has 6 rings (SSSR count). The van der Waals surface area contributed by atoms with Crippen molar-refractivity contribution >= 4 is 6.29 Å². The fourth-order valence-corrected chi connectivity index (χ4v) is 4.74. The molecule has 1 N–H and O–H groups in total. The lowest BCUT2D eigenvalue weighted by molar-refractivity contribution is 0.112. The average Bonchev–Trinajstić information content (AvgIpc) is 3.39. The van der Waals surface area contributed by atoms with Crippen LogP contribution >= 0.6 is 0 Å². The van der Waals surface area contributed by atoms with Gasteiger partial charge >= 0.3 is 0 Å². The summed E-state index contributed by atoms with van der Waals surface area (Å²) in [4.78, 5) is 16.1. The summed E-state index contributed by atoms with van der Waals surface area (Å²) in [5.74, 6) is 0.163. The minimum absolute atomic E-state index is 0.140. The zero-order chi connectivity index (χ0) is 26.8. The van der Waals surface area contributed by atoms with Crippen molar-refractivity contribution in [3.05, 3.63) is 139 Å². The quantitative estimate of drug-likeness (QED) is 0.230. The van der Waals surface area contributed by atoms with Crippen LogP contribution in [0.25, 0.3) is 50.7 Å². The van der Waals surface area contributed by atoms with Crippen molar-refractivity contribution in [2.75, 3.05) is 0 Å². The fourth-order valence-electron chi connectivity index (χ4n) is 4.74. The molecule has 5 aromatic carbocycles. The van der Waals surface area contributed by atoms with Gasteiger partial charge in [0.15, 0.2) is 0 Å². The van der Waals surface area contributed by atoms with Gasteiger partial charge < -0.3 is 5.11 Å². The molecule has 188 valence electrons. The molecule has 0 fully saturated rings. The van der Waals surface area contributed by atoms with Crippen LogP contribution in [0.4, 0.5) is 4.39 Å². The van der Waals surface area contributed by atoms with Crippen LogP contribution in [0.1, 0.15) is 10.4 Å². The highest BCUT2D eigenvalue weighted by Crippen LogP contribution is 2.40. The molecule has 1 aromatic heterocycles. The van der Waals surface area contributed by atoms with E-state index in [0.29, 0.717) is 22.5 Å². The van der Waals surface area contributed by atoms with Crippen LogP contribution in [-0.2, 0) is 0 Å². The summed E-state index contributed by atoms with van der Waals surface area (Å²) in [6.45, 7) is 0. The van der Waals surface area contributed by atoms with Crippen molar-refractivity contribution in [2.45, 2.75) is 0 Å². The third-order valence-electron chi connectivity index (χ3n) is 6.67. The van der Waals surface area contributed by atoms with E-state index in [9.17, 15) is 9.90 Å². The number of carbonyl (C=O) groups excluding carboxylic acids is 1. The summed E-state index contributed by atoms with van der Waals surface area (Å²) in [6, 6.07) is 38.6. The van der Waals surface area contributed by atoms with E-state index < -0.39 is 5.82 Å². The van der Waals surface area contributed by atoms with Crippen molar-refractivity contribution < 1.29 is 14.3 Å². The Kier molecular flexibility index (Phi) is 6.31. The number of nitrogens with zero attached hydrogens (tertiary/aromatic N) is 2. The number of halogens is 1. The van der Waals surface area contributed by atoms with E-state index in [-0.39, 0.29) is 5.75 Å². The number of aldehydes is 1. The smallest absolute Gasteiger partial charge is 0.150 e. The summed E-state index contributed by atoms with van der Waals surface area (Å²) in [7, 11) is 0. The molecule has 4 nitrogen and oxygen atoms in total.